The van der Waals surface area contributed by atoms with Crippen LogP contribution < -0.4 is 0 Å². The van der Waals surface area contributed by atoms with E-state index in [1.807, 2.05) is 30.5 Å². The van der Waals surface area contributed by atoms with Gasteiger partial charge in [-0.05, 0) is 26.0 Å². The van der Waals surface area contributed by atoms with E-state index in [4.69, 9.17) is 4.42 Å². The van der Waals surface area contributed by atoms with Crippen LogP contribution in [0.25, 0.3) is 34.1 Å². The van der Waals surface area contributed by atoms with Crippen LogP contribution in [0.4, 0.5) is 0 Å². The minimum atomic E-state index is 0.610. The third-order valence-corrected chi connectivity index (χ3v) is 3.99. The molecule has 0 atom stereocenters. The van der Waals surface area contributed by atoms with Gasteiger partial charge in [0, 0.05) is 12.1 Å². The first-order valence-corrected chi connectivity index (χ1v) is 7.75. The van der Waals surface area contributed by atoms with Crippen molar-refractivity contribution in [2.75, 3.05) is 0 Å². The van der Waals surface area contributed by atoms with Gasteiger partial charge in [0.25, 0.3) is 0 Å². The van der Waals surface area contributed by atoms with Crippen molar-refractivity contribution in [3.05, 3.63) is 60.3 Å². The highest BCUT2D eigenvalue weighted by molar-refractivity contribution is 5.75. The summed E-state index contributed by atoms with van der Waals surface area (Å²) in [6, 6.07) is 16.2. The van der Waals surface area contributed by atoms with Gasteiger partial charge in [0.1, 0.15) is 17.0 Å². The van der Waals surface area contributed by atoms with E-state index in [2.05, 4.69) is 52.6 Å². The first kappa shape index (κ1) is 13.8. The zero-order valence-corrected chi connectivity index (χ0v) is 13.2. The molecule has 0 unspecified atom stereocenters. The summed E-state index contributed by atoms with van der Waals surface area (Å²) in [6.45, 7) is 4.99. The van der Waals surface area contributed by atoms with Gasteiger partial charge in [-0.25, -0.2) is 9.97 Å². The van der Waals surface area contributed by atoms with E-state index in [-0.39, 0.29) is 0 Å². The zero-order chi connectivity index (χ0) is 15.8. The summed E-state index contributed by atoms with van der Waals surface area (Å²) in [4.78, 5) is 9.18. The lowest BCUT2D eigenvalue weighted by Gasteiger charge is -2.07. The maximum atomic E-state index is 5.89. The highest BCUT2D eigenvalue weighted by atomic mass is 16.3. The second kappa shape index (κ2) is 5.39. The number of para-hydroxylation sites is 2. The highest BCUT2D eigenvalue weighted by Gasteiger charge is 2.16. The van der Waals surface area contributed by atoms with Crippen LogP contribution in [0.2, 0.25) is 0 Å². The second-order valence-electron chi connectivity index (χ2n) is 5.56. The number of rotatable bonds is 3. The number of nitrogens with zero attached hydrogens (tertiary/aromatic N) is 3. The van der Waals surface area contributed by atoms with E-state index in [0.717, 1.165) is 34.7 Å². The van der Waals surface area contributed by atoms with Crippen molar-refractivity contribution in [2.24, 2.45) is 0 Å². The molecule has 0 radical (unpaired) electrons. The van der Waals surface area contributed by atoms with Crippen molar-refractivity contribution in [1.82, 2.24) is 14.5 Å². The summed E-state index contributed by atoms with van der Waals surface area (Å²) >= 11 is 0. The third kappa shape index (κ3) is 2.32. The molecular formula is C19H17N3O. The molecule has 0 fully saturated rings. The normalized spacial score (nSPS) is 11.2. The van der Waals surface area contributed by atoms with Crippen LogP contribution >= 0.6 is 0 Å². The molecule has 0 amide bonds. The number of aromatic nitrogens is 3. The number of hydrogen-bond acceptors (Lipinski definition) is 3. The van der Waals surface area contributed by atoms with Gasteiger partial charge in [-0.1, -0.05) is 42.0 Å². The average molecular weight is 303 g/mol. The van der Waals surface area contributed by atoms with Crippen molar-refractivity contribution < 1.29 is 4.42 Å². The van der Waals surface area contributed by atoms with Crippen LogP contribution in [0.5, 0.6) is 0 Å². The van der Waals surface area contributed by atoms with E-state index in [9.17, 15) is 0 Å². The van der Waals surface area contributed by atoms with Crippen LogP contribution in [-0.4, -0.2) is 14.5 Å². The fourth-order valence-corrected chi connectivity index (χ4v) is 2.78. The molecule has 114 valence electrons. The van der Waals surface area contributed by atoms with Crippen molar-refractivity contribution in [3.8, 4) is 23.0 Å². The molecule has 2 aromatic carbocycles. The fraction of sp³-hybridized carbons (Fsp3) is 0.158. The van der Waals surface area contributed by atoms with Gasteiger partial charge in [0.15, 0.2) is 5.58 Å². The number of imidazole rings is 1. The lowest BCUT2D eigenvalue weighted by molar-refractivity contribution is 0.607. The lowest BCUT2D eigenvalue weighted by Crippen LogP contribution is -2.00. The number of oxazole rings is 1. The molecule has 0 bridgehead atoms. The number of aryl methyl sites for hydroxylation is 1. The Bertz CT molecular complexity index is 931. The van der Waals surface area contributed by atoms with E-state index in [1.165, 1.54) is 5.56 Å². The minimum Gasteiger partial charge on any atom is -0.435 e. The lowest BCUT2D eigenvalue weighted by atomic mass is 10.1. The van der Waals surface area contributed by atoms with Gasteiger partial charge in [-0.15, -0.1) is 0 Å². The van der Waals surface area contributed by atoms with Crippen molar-refractivity contribution >= 4 is 11.1 Å². The SMILES string of the molecule is CCn1c(-c2nc3ccccc3o2)cnc1-c1ccc(C)cc1. The maximum Gasteiger partial charge on any atom is 0.245 e. The molecule has 4 nitrogen and oxygen atoms in total. The topological polar surface area (TPSA) is 43.9 Å². The quantitative estimate of drug-likeness (QED) is 0.551. The fourth-order valence-electron chi connectivity index (χ4n) is 2.78. The predicted molar refractivity (Wildman–Crippen MR) is 91.1 cm³/mol. The van der Waals surface area contributed by atoms with E-state index < -0.39 is 0 Å². The van der Waals surface area contributed by atoms with Gasteiger partial charge in [-0.2, -0.15) is 0 Å². The Balaban J connectivity index is 1.85. The van der Waals surface area contributed by atoms with Gasteiger partial charge in [0.2, 0.25) is 5.89 Å². The summed E-state index contributed by atoms with van der Waals surface area (Å²) in [6.07, 6.45) is 1.84. The van der Waals surface area contributed by atoms with Crippen LogP contribution in [0, 0.1) is 6.92 Å². The minimum absolute atomic E-state index is 0.610. The van der Waals surface area contributed by atoms with Crippen LogP contribution in [0.1, 0.15) is 12.5 Å². The van der Waals surface area contributed by atoms with E-state index in [1.54, 1.807) is 0 Å². The van der Waals surface area contributed by atoms with Crippen LogP contribution in [0.15, 0.2) is 59.1 Å². The Morgan fingerprint density at radius 1 is 1.04 bits per heavy atom. The monoisotopic (exact) mass is 303 g/mol. The van der Waals surface area contributed by atoms with Crippen molar-refractivity contribution in [2.45, 2.75) is 20.4 Å². The summed E-state index contributed by atoms with van der Waals surface area (Å²) in [5.74, 6) is 1.55. The van der Waals surface area contributed by atoms with E-state index >= 15 is 0 Å². The van der Waals surface area contributed by atoms with Gasteiger partial charge in [-0.3, -0.25) is 0 Å². The Morgan fingerprint density at radius 2 is 1.83 bits per heavy atom. The molecule has 0 spiro atoms. The number of hydrogen-bond donors (Lipinski definition) is 0. The number of benzene rings is 2. The summed E-state index contributed by atoms with van der Waals surface area (Å²) in [5, 5.41) is 0. The highest BCUT2D eigenvalue weighted by Crippen LogP contribution is 2.28. The van der Waals surface area contributed by atoms with E-state index in [0.29, 0.717) is 5.89 Å². The molecule has 23 heavy (non-hydrogen) atoms. The Hall–Kier alpha value is -2.88. The van der Waals surface area contributed by atoms with Gasteiger partial charge in [0.05, 0.1) is 6.20 Å². The summed E-state index contributed by atoms with van der Waals surface area (Å²) in [5.41, 5.74) is 4.90. The molecule has 4 heteroatoms. The van der Waals surface area contributed by atoms with Gasteiger partial charge >= 0.3 is 0 Å². The smallest absolute Gasteiger partial charge is 0.245 e. The molecule has 2 heterocycles. The first-order chi connectivity index (χ1) is 11.3. The van der Waals surface area contributed by atoms with Crippen molar-refractivity contribution in [3.63, 3.8) is 0 Å². The Morgan fingerprint density at radius 3 is 2.57 bits per heavy atom. The average Bonchev–Trinajstić information content (AvgIpc) is 3.18. The van der Waals surface area contributed by atoms with Crippen LogP contribution in [-0.2, 0) is 6.54 Å². The predicted octanol–water partition coefficient (Wildman–Crippen LogP) is 4.69. The van der Waals surface area contributed by atoms with Crippen molar-refractivity contribution in [1.29, 1.82) is 0 Å². The summed E-state index contributed by atoms with van der Waals surface area (Å²) < 4.78 is 8.03. The zero-order valence-electron chi connectivity index (χ0n) is 13.2. The molecule has 0 aliphatic carbocycles. The Kier molecular flexibility index (Phi) is 3.23. The second-order valence-corrected chi connectivity index (χ2v) is 5.56. The molecule has 0 N–H and O–H groups in total. The molecule has 0 saturated carbocycles. The van der Waals surface area contributed by atoms with Crippen LogP contribution in [0.3, 0.4) is 0 Å². The first-order valence-electron chi connectivity index (χ1n) is 7.75. The molecule has 0 aliphatic rings. The molecule has 4 rings (SSSR count). The molecule has 0 saturated heterocycles. The molecular weight excluding hydrogens is 286 g/mol. The third-order valence-electron chi connectivity index (χ3n) is 3.99. The Labute approximate surface area is 134 Å². The van der Waals surface area contributed by atoms with Gasteiger partial charge < -0.3 is 8.98 Å². The summed E-state index contributed by atoms with van der Waals surface area (Å²) in [7, 11) is 0. The standard InChI is InChI=1S/C19H17N3O/c1-3-22-16(19-21-15-6-4-5-7-17(15)23-19)12-20-18(22)14-10-8-13(2)9-11-14/h4-12H,3H2,1-2H3. The number of fused-ring (bicyclic) bond motifs is 1. The molecule has 0 aliphatic heterocycles. The molecule has 4 aromatic rings. The maximum absolute atomic E-state index is 5.89. The largest absolute Gasteiger partial charge is 0.435 e. The molecule has 2 aromatic heterocycles.